The first-order valence-electron chi connectivity index (χ1n) is 10.2. The Labute approximate surface area is 191 Å². The van der Waals surface area contributed by atoms with Crippen molar-refractivity contribution < 1.29 is 9.13 Å². The van der Waals surface area contributed by atoms with Crippen LogP contribution >= 0.6 is 12.2 Å². The van der Waals surface area contributed by atoms with Crippen molar-refractivity contribution in [3.8, 4) is 11.4 Å². The molecule has 1 aliphatic rings. The molecule has 0 unspecified atom stereocenters. The highest BCUT2D eigenvalue weighted by Crippen LogP contribution is 2.44. The maximum atomic E-state index is 13.6. The third-order valence-electron chi connectivity index (χ3n) is 5.63. The smallest absolute Gasteiger partial charge is 0.174 e. The molecule has 5 rings (SSSR count). The molecule has 0 amide bonds. The molecule has 2 aromatic carbocycles. The van der Waals surface area contributed by atoms with Gasteiger partial charge in [-0.15, -0.1) is 0 Å². The predicted molar refractivity (Wildman–Crippen MR) is 127 cm³/mol. The summed E-state index contributed by atoms with van der Waals surface area (Å²) in [5, 5.41) is 4.05. The summed E-state index contributed by atoms with van der Waals surface area (Å²) >= 11 is 5.81. The van der Waals surface area contributed by atoms with E-state index in [1.807, 2.05) is 54.7 Å². The van der Waals surface area contributed by atoms with Crippen molar-refractivity contribution in [2.24, 2.45) is 0 Å². The van der Waals surface area contributed by atoms with Gasteiger partial charge in [0.2, 0.25) is 0 Å². The van der Waals surface area contributed by atoms with Crippen LogP contribution in [0.25, 0.3) is 5.69 Å². The maximum Gasteiger partial charge on any atom is 0.174 e. The van der Waals surface area contributed by atoms with Gasteiger partial charge in [-0.05, 0) is 72.9 Å². The third-order valence-corrected chi connectivity index (χ3v) is 5.95. The fourth-order valence-electron chi connectivity index (χ4n) is 4.22. The number of thiocarbonyl (C=S) groups is 1. The van der Waals surface area contributed by atoms with Gasteiger partial charge < -0.3 is 19.5 Å². The van der Waals surface area contributed by atoms with Crippen LogP contribution in [0, 0.1) is 5.82 Å². The topological polar surface area (TPSA) is 42.3 Å². The van der Waals surface area contributed by atoms with E-state index >= 15 is 0 Å². The van der Waals surface area contributed by atoms with Gasteiger partial charge in [0.1, 0.15) is 17.6 Å². The van der Waals surface area contributed by atoms with Gasteiger partial charge >= 0.3 is 0 Å². The fraction of sp³-hybridized carbons (Fsp3) is 0.120. The zero-order valence-corrected chi connectivity index (χ0v) is 18.2. The lowest BCUT2D eigenvalue weighted by atomic mass is 10.0. The van der Waals surface area contributed by atoms with Crippen LogP contribution in [-0.4, -0.2) is 21.8 Å². The average molecular weight is 445 g/mol. The number of aromatic nitrogens is 2. The summed E-state index contributed by atoms with van der Waals surface area (Å²) in [5.74, 6) is 0.455. The maximum absolute atomic E-state index is 13.6. The molecule has 0 spiro atoms. The van der Waals surface area contributed by atoms with E-state index < -0.39 is 0 Å². The Morgan fingerprint density at radius 1 is 0.969 bits per heavy atom. The largest absolute Gasteiger partial charge is 0.495 e. The summed E-state index contributed by atoms with van der Waals surface area (Å²) in [7, 11) is 1.65. The van der Waals surface area contributed by atoms with E-state index in [1.165, 1.54) is 12.1 Å². The van der Waals surface area contributed by atoms with E-state index in [0.717, 1.165) is 28.5 Å². The van der Waals surface area contributed by atoms with Gasteiger partial charge in [0.15, 0.2) is 5.11 Å². The Kier molecular flexibility index (Phi) is 5.33. The lowest BCUT2D eigenvalue weighted by Gasteiger charge is -2.29. The fourth-order valence-corrected chi connectivity index (χ4v) is 4.55. The first kappa shape index (κ1) is 20.2. The van der Waals surface area contributed by atoms with E-state index in [4.69, 9.17) is 17.0 Å². The molecule has 4 aromatic rings. The molecule has 0 aliphatic carbocycles. The van der Waals surface area contributed by atoms with Crippen LogP contribution in [-0.2, 0) is 0 Å². The second-order valence-corrected chi connectivity index (χ2v) is 7.83. The minimum absolute atomic E-state index is 0.192. The zero-order valence-electron chi connectivity index (χ0n) is 17.4. The van der Waals surface area contributed by atoms with Gasteiger partial charge in [0.25, 0.3) is 0 Å². The lowest BCUT2D eigenvalue weighted by Crippen LogP contribution is -2.30. The molecule has 1 N–H and O–H groups in total. The van der Waals surface area contributed by atoms with Crippen molar-refractivity contribution in [1.29, 1.82) is 0 Å². The molecule has 5 nitrogen and oxygen atoms in total. The van der Waals surface area contributed by atoms with Crippen LogP contribution in [0.4, 0.5) is 10.1 Å². The summed E-state index contributed by atoms with van der Waals surface area (Å²) < 4.78 is 21.3. The van der Waals surface area contributed by atoms with Crippen LogP contribution in [0.15, 0.2) is 91.3 Å². The summed E-state index contributed by atoms with van der Waals surface area (Å²) in [6.45, 7) is 0. The van der Waals surface area contributed by atoms with Crippen LogP contribution in [0.3, 0.4) is 0 Å². The molecule has 160 valence electrons. The summed E-state index contributed by atoms with van der Waals surface area (Å²) in [5.41, 5.74) is 3.60. The number of ether oxygens (including phenoxy) is 1. The molecule has 2 atom stereocenters. The van der Waals surface area contributed by atoms with Crippen LogP contribution in [0.5, 0.6) is 5.75 Å². The van der Waals surface area contributed by atoms with Gasteiger partial charge in [0, 0.05) is 23.8 Å². The average Bonchev–Trinajstić information content (AvgIpc) is 3.44. The number of benzene rings is 2. The molecule has 1 fully saturated rings. The number of pyridine rings is 1. The highest BCUT2D eigenvalue weighted by molar-refractivity contribution is 7.80. The Morgan fingerprint density at radius 3 is 2.50 bits per heavy atom. The molecular formula is C25H21FN4OS. The SMILES string of the molecule is COc1ccccc1N1C(=S)N[C@H](c2ccccn2)[C@@H]1c1cccn1-c1ccc(F)cc1. The van der Waals surface area contributed by atoms with Crippen molar-refractivity contribution in [3.63, 3.8) is 0 Å². The standard InChI is InChI=1S/C25H21FN4OS/c1-31-22-10-3-2-8-20(22)30-24(23(28-25(30)32)19-7-4-5-15-27-19)21-9-6-16-29(21)18-13-11-17(26)12-14-18/h2-16,23-24H,1H3,(H,28,32)/t23-,24+/m1/s1. The quantitative estimate of drug-likeness (QED) is 0.429. The first-order valence-corrected chi connectivity index (χ1v) is 10.6. The second-order valence-electron chi connectivity index (χ2n) is 7.45. The molecule has 32 heavy (non-hydrogen) atoms. The molecule has 7 heteroatoms. The number of para-hydroxylation sites is 2. The normalized spacial score (nSPS) is 17.9. The Balaban J connectivity index is 1.68. The minimum Gasteiger partial charge on any atom is -0.495 e. The zero-order chi connectivity index (χ0) is 22.1. The molecule has 1 saturated heterocycles. The van der Waals surface area contributed by atoms with E-state index in [-0.39, 0.29) is 17.9 Å². The Morgan fingerprint density at radius 2 is 1.75 bits per heavy atom. The molecule has 1 aliphatic heterocycles. The highest BCUT2D eigenvalue weighted by atomic mass is 32.1. The number of halogens is 1. The molecular weight excluding hydrogens is 423 g/mol. The molecule has 2 aromatic heterocycles. The van der Waals surface area contributed by atoms with Gasteiger partial charge in [-0.1, -0.05) is 18.2 Å². The number of hydrogen-bond acceptors (Lipinski definition) is 3. The summed E-state index contributed by atoms with van der Waals surface area (Å²) in [4.78, 5) is 6.67. The van der Waals surface area contributed by atoms with Crippen LogP contribution in [0.2, 0.25) is 0 Å². The summed E-state index contributed by atoms with van der Waals surface area (Å²) in [6, 6.07) is 23.7. The van der Waals surface area contributed by atoms with Gasteiger partial charge in [-0.2, -0.15) is 0 Å². The van der Waals surface area contributed by atoms with Crippen LogP contribution < -0.4 is 15.0 Å². The second kappa shape index (κ2) is 8.43. The number of nitrogens with one attached hydrogen (secondary N) is 1. The van der Waals surface area contributed by atoms with Crippen molar-refractivity contribution in [1.82, 2.24) is 14.9 Å². The highest BCUT2D eigenvalue weighted by Gasteiger charge is 2.43. The first-order chi connectivity index (χ1) is 15.7. The predicted octanol–water partition coefficient (Wildman–Crippen LogP) is 5.20. The van der Waals surface area contributed by atoms with Gasteiger partial charge in [-0.3, -0.25) is 4.98 Å². The molecule has 0 saturated carbocycles. The Hall–Kier alpha value is -3.71. The molecule has 0 radical (unpaired) electrons. The third kappa shape index (κ3) is 3.50. The lowest BCUT2D eigenvalue weighted by molar-refractivity contribution is 0.414. The molecule has 0 bridgehead atoms. The number of methoxy groups -OCH3 is 1. The minimum atomic E-state index is -0.270. The molecule has 3 heterocycles. The number of hydrogen-bond donors (Lipinski definition) is 1. The monoisotopic (exact) mass is 444 g/mol. The van der Waals surface area contributed by atoms with E-state index in [0.29, 0.717) is 5.11 Å². The van der Waals surface area contributed by atoms with Crippen molar-refractivity contribution in [2.75, 3.05) is 12.0 Å². The number of rotatable bonds is 5. The van der Waals surface area contributed by atoms with Gasteiger partial charge in [-0.25, -0.2) is 4.39 Å². The van der Waals surface area contributed by atoms with Crippen LogP contribution in [0.1, 0.15) is 23.5 Å². The number of anilines is 1. The van der Waals surface area contributed by atoms with E-state index in [1.54, 1.807) is 25.4 Å². The Bertz CT molecular complexity index is 1240. The van der Waals surface area contributed by atoms with Crippen molar-refractivity contribution in [3.05, 3.63) is 108 Å². The van der Waals surface area contributed by atoms with Crippen molar-refractivity contribution in [2.45, 2.75) is 12.1 Å². The van der Waals surface area contributed by atoms with Gasteiger partial charge in [0.05, 0.1) is 24.5 Å². The van der Waals surface area contributed by atoms with Crippen molar-refractivity contribution >= 4 is 23.0 Å². The van der Waals surface area contributed by atoms with E-state index in [9.17, 15) is 4.39 Å². The summed E-state index contributed by atoms with van der Waals surface area (Å²) in [6.07, 6.45) is 3.75. The van der Waals surface area contributed by atoms with E-state index in [2.05, 4.69) is 25.8 Å². The number of nitrogens with zero attached hydrogens (tertiary/aromatic N) is 3.